The van der Waals surface area contributed by atoms with Crippen molar-refractivity contribution < 1.29 is 74.5 Å². The maximum absolute atomic E-state index is 5.78. The molecule has 0 amide bonds. The molecule has 0 spiro atoms. The van der Waals surface area contributed by atoms with E-state index in [2.05, 4.69) is 62.0 Å². The third-order valence-corrected chi connectivity index (χ3v) is 10.2. The molecule has 3 heterocycles. The number of hydrogen-bond donors (Lipinski definition) is 0. The summed E-state index contributed by atoms with van der Waals surface area (Å²) < 4.78 is 17.3. The Morgan fingerprint density at radius 1 is 0.362 bits per heavy atom. The molecule has 3 aromatic heterocycles. The number of nitrogens with zero attached hydrogens (tertiary/aromatic N) is 6. The summed E-state index contributed by atoms with van der Waals surface area (Å²) >= 11 is 0. The Morgan fingerprint density at radius 3 is 1.09 bits per heavy atom. The first-order chi connectivity index (χ1) is 32.0. The van der Waals surface area contributed by atoms with Gasteiger partial charge in [-0.15, -0.1) is 89.5 Å². The van der Waals surface area contributed by atoms with Crippen LogP contribution in [0.1, 0.15) is 59.6 Å². The number of aryl methyl sites for hydroxylation is 6. The normalized spacial score (nSPS) is 10.1. The predicted molar refractivity (Wildman–Crippen MR) is 261 cm³/mol. The largest absolute Gasteiger partial charge is 0.502 e. The number of hydrogen-bond acceptors (Lipinski definition) is 9. The van der Waals surface area contributed by atoms with Crippen LogP contribution in [-0.2, 0) is 60.3 Å². The van der Waals surface area contributed by atoms with Gasteiger partial charge in [-0.25, -0.2) is 0 Å². The van der Waals surface area contributed by atoms with Crippen molar-refractivity contribution >= 4 is 0 Å². The molecule has 3 radical (unpaired) electrons. The molecule has 0 fully saturated rings. The molecular formula is C57H51Ir3N6O3-3. The smallest absolute Gasteiger partial charge is 0.114 e. The van der Waals surface area contributed by atoms with Crippen LogP contribution in [0.2, 0.25) is 0 Å². The summed E-state index contributed by atoms with van der Waals surface area (Å²) in [6.07, 6.45) is 3.61. The first-order valence-electron chi connectivity index (χ1n) is 21.7. The van der Waals surface area contributed by atoms with Crippen LogP contribution in [0.4, 0.5) is 0 Å². The molecule has 0 aliphatic carbocycles. The summed E-state index contributed by atoms with van der Waals surface area (Å²) in [4.78, 5) is 27.2. The van der Waals surface area contributed by atoms with Gasteiger partial charge in [-0.2, -0.15) is 0 Å². The van der Waals surface area contributed by atoms with E-state index >= 15 is 0 Å². The second-order valence-electron chi connectivity index (χ2n) is 15.7. The van der Waals surface area contributed by atoms with Gasteiger partial charge in [0.15, 0.2) is 0 Å². The minimum atomic E-state index is 0. The summed E-state index contributed by atoms with van der Waals surface area (Å²) in [5.41, 5.74) is 11.9. The maximum Gasteiger partial charge on any atom is 0.114 e. The van der Waals surface area contributed by atoms with E-state index in [-0.39, 0.29) is 60.3 Å². The zero-order valence-corrected chi connectivity index (χ0v) is 46.7. The minimum Gasteiger partial charge on any atom is -0.502 e. The predicted octanol–water partition coefficient (Wildman–Crippen LogP) is 14.2. The van der Waals surface area contributed by atoms with Gasteiger partial charge in [0.2, 0.25) is 0 Å². The first kappa shape index (κ1) is 55.5. The van der Waals surface area contributed by atoms with Crippen LogP contribution in [0.15, 0.2) is 158 Å². The summed E-state index contributed by atoms with van der Waals surface area (Å²) in [5.74, 6) is 5.07. The molecule has 0 aliphatic heterocycles. The SMILES string of the molecule is Cc1cnc(-c2[c-]cc(Oc3ccccc3)cc2)c(C)n1.Cc1nc(C(C)C)cnc1-c1[c-]cc(Oc2ccccc2)cc1.Cc1nc(C)c(-c2[c-]cc(Oc3ccccc3)cc2)nc1C.[Ir].[Ir].[Ir]. The third kappa shape index (κ3) is 16.0. The summed E-state index contributed by atoms with van der Waals surface area (Å²) in [7, 11) is 0. The molecule has 0 bridgehead atoms. The molecule has 0 saturated heterocycles. The molecule has 6 aromatic carbocycles. The van der Waals surface area contributed by atoms with E-state index in [1.54, 1.807) is 6.20 Å². The van der Waals surface area contributed by atoms with Crippen molar-refractivity contribution in [3.8, 4) is 68.3 Å². The van der Waals surface area contributed by atoms with Crippen LogP contribution in [-0.4, -0.2) is 29.9 Å². The third-order valence-electron chi connectivity index (χ3n) is 10.2. The molecule has 9 nitrogen and oxygen atoms in total. The second kappa shape index (κ2) is 27.2. The molecule has 0 atom stereocenters. The van der Waals surface area contributed by atoms with Gasteiger partial charge >= 0.3 is 0 Å². The topological polar surface area (TPSA) is 105 Å². The average molecular weight is 1440 g/mol. The van der Waals surface area contributed by atoms with Crippen molar-refractivity contribution in [3.05, 3.63) is 216 Å². The van der Waals surface area contributed by atoms with Gasteiger partial charge in [-0.3, -0.25) is 19.9 Å². The van der Waals surface area contributed by atoms with Gasteiger partial charge in [0.05, 0.1) is 17.1 Å². The molecule has 9 aromatic rings. The van der Waals surface area contributed by atoms with Crippen molar-refractivity contribution in [2.75, 3.05) is 0 Å². The van der Waals surface area contributed by atoms with Crippen LogP contribution in [0, 0.1) is 59.7 Å². The van der Waals surface area contributed by atoms with E-state index in [9.17, 15) is 0 Å². The molecule has 9 rings (SSSR count). The van der Waals surface area contributed by atoms with Crippen LogP contribution in [0.3, 0.4) is 0 Å². The number of benzene rings is 6. The van der Waals surface area contributed by atoms with Gasteiger partial charge in [-0.1, -0.05) is 68.4 Å². The van der Waals surface area contributed by atoms with E-state index in [0.29, 0.717) is 5.92 Å². The van der Waals surface area contributed by atoms with Crippen molar-refractivity contribution in [1.29, 1.82) is 0 Å². The van der Waals surface area contributed by atoms with Crippen LogP contribution in [0.5, 0.6) is 34.5 Å². The number of para-hydroxylation sites is 3. The Bertz CT molecular complexity index is 2960. The van der Waals surface area contributed by atoms with E-state index in [1.807, 2.05) is 193 Å². The van der Waals surface area contributed by atoms with Gasteiger partial charge < -0.3 is 24.2 Å². The fraction of sp³-hybridized carbons (Fsp3) is 0.158. The van der Waals surface area contributed by atoms with Crippen molar-refractivity contribution in [2.24, 2.45) is 0 Å². The van der Waals surface area contributed by atoms with Crippen LogP contribution in [0.25, 0.3) is 33.8 Å². The first-order valence-corrected chi connectivity index (χ1v) is 21.7. The molecule has 69 heavy (non-hydrogen) atoms. The van der Waals surface area contributed by atoms with E-state index in [4.69, 9.17) is 14.2 Å². The molecule has 0 unspecified atom stereocenters. The number of ether oxygens (including phenoxy) is 3. The van der Waals surface area contributed by atoms with Crippen LogP contribution < -0.4 is 14.2 Å². The standard InChI is InChI=1S/C20H19N2O.C19H17N2O.C18H15N2O.3Ir/c1-14(2)19-13-21-20(15(3)22-19)16-9-11-18(12-10-16)23-17-7-5-4-6-8-17;1-13-14(2)21-19(15(3)20-13)16-9-11-18(12-10-16)22-17-7-5-4-6-8-17;1-13-12-19-18(14(2)20-13)15-8-10-17(11-9-15)21-16-6-4-3-5-7-16;;;/h4-9,11-14H,1-3H3;4-9,11-12H,1-3H3;3-8,10-12H,1-2H3;;;/q3*-1;;;. The Labute approximate surface area is 446 Å². The maximum atomic E-state index is 5.78. The summed E-state index contributed by atoms with van der Waals surface area (Å²) in [6, 6.07) is 55.9. The fourth-order valence-electron chi connectivity index (χ4n) is 6.61. The van der Waals surface area contributed by atoms with Crippen molar-refractivity contribution in [3.63, 3.8) is 0 Å². The zero-order chi connectivity index (χ0) is 46.4. The molecular weight excluding hydrogens is 1390 g/mol. The summed E-state index contributed by atoms with van der Waals surface area (Å²) in [6.45, 7) is 16.0. The second-order valence-corrected chi connectivity index (χ2v) is 15.7. The van der Waals surface area contributed by atoms with Crippen molar-refractivity contribution in [1.82, 2.24) is 29.9 Å². The van der Waals surface area contributed by atoms with Gasteiger partial charge in [0.1, 0.15) is 17.2 Å². The molecule has 12 heteroatoms. The van der Waals surface area contributed by atoms with Crippen molar-refractivity contribution in [2.45, 2.75) is 61.3 Å². The Hall–Kier alpha value is -6.09. The molecule has 357 valence electrons. The number of rotatable bonds is 10. The van der Waals surface area contributed by atoms with Gasteiger partial charge in [0.25, 0.3) is 0 Å². The van der Waals surface area contributed by atoms with Gasteiger partial charge in [0, 0.05) is 130 Å². The molecule has 0 saturated carbocycles. The van der Waals surface area contributed by atoms with E-state index in [1.165, 1.54) is 0 Å². The monoisotopic (exact) mass is 1450 g/mol. The van der Waals surface area contributed by atoms with Crippen LogP contribution >= 0.6 is 0 Å². The minimum absolute atomic E-state index is 0. The zero-order valence-electron chi connectivity index (χ0n) is 39.5. The Kier molecular flexibility index (Phi) is 21.9. The Morgan fingerprint density at radius 2 is 0.725 bits per heavy atom. The molecule has 0 aliphatic rings. The number of aromatic nitrogens is 6. The van der Waals surface area contributed by atoms with E-state index < -0.39 is 0 Å². The fourth-order valence-corrected chi connectivity index (χ4v) is 6.61. The quantitative estimate of drug-likeness (QED) is 0.124. The van der Waals surface area contributed by atoms with E-state index in [0.717, 1.165) is 108 Å². The Balaban J connectivity index is 0.000000221. The summed E-state index contributed by atoms with van der Waals surface area (Å²) in [5, 5.41) is 0. The van der Waals surface area contributed by atoms with Gasteiger partial charge in [-0.05, 0) is 83.9 Å². The average Bonchev–Trinajstić information content (AvgIpc) is 3.33. The molecule has 0 N–H and O–H groups in total.